The fourth-order valence-corrected chi connectivity index (χ4v) is 2.68. The van der Waals surface area contributed by atoms with Crippen LogP contribution in [0.4, 0.5) is 5.82 Å². The molecule has 16 heavy (non-hydrogen) atoms. The predicted octanol–water partition coefficient (Wildman–Crippen LogP) is 2.55. The summed E-state index contributed by atoms with van der Waals surface area (Å²) < 4.78 is 1.05. The lowest BCUT2D eigenvalue weighted by Crippen LogP contribution is -2.29. The molecule has 2 heterocycles. The van der Waals surface area contributed by atoms with Gasteiger partial charge in [-0.05, 0) is 48.8 Å². The monoisotopic (exact) mass is 283 g/mol. The maximum Gasteiger partial charge on any atom is 0.133 e. The third kappa shape index (κ3) is 2.38. The summed E-state index contributed by atoms with van der Waals surface area (Å²) in [6.45, 7) is 4.28. The Kier molecular flexibility index (Phi) is 3.82. The molecule has 1 aliphatic rings. The van der Waals surface area contributed by atoms with Gasteiger partial charge in [0.15, 0.2) is 0 Å². The highest BCUT2D eigenvalue weighted by atomic mass is 79.9. The molecule has 1 aromatic heterocycles. The van der Waals surface area contributed by atoms with E-state index in [0.717, 1.165) is 23.4 Å². The number of hydrogen-bond acceptors (Lipinski definition) is 3. The number of anilines is 1. The second kappa shape index (κ2) is 5.15. The maximum atomic E-state index is 4.57. The van der Waals surface area contributed by atoms with Crippen LogP contribution in [-0.2, 0) is 6.54 Å². The summed E-state index contributed by atoms with van der Waals surface area (Å²) >= 11 is 3.48. The highest BCUT2D eigenvalue weighted by Crippen LogP contribution is 2.28. The van der Waals surface area contributed by atoms with Crippen LogP contribution in [0.2, 0.25) is 0 Å². The third-order valence-corrected chi connectivity index (χ3v) is 3.54. The Hall–Kier alpha value is -0.610. The SMILES string of the molecule is CNCc1cc(Br)cnc1N1CCCC1C. The van der Waals surface area contributed by atoms with E-state index in [0.29, 0.717) is 6.04 Å². The number of pyridine rings is 1. The van der Waals surface area contributed by atoms with Gasteiger partial charge in [-0.1, -0.05) is 0 Å². The largest absolute Gasteiger partial charge is 0.354 e. The molecule has 2 rings (SSSR count). The van der Waals surface area contributed by atoms with Crippen molar-refractivity contribution in [1.82, 2.24) is 10.3 Å². The van der Waals surface area contributed by atoms with Crippen LogP contribution in [0.25, 0.3) is 0 Å². The lowest BCUT2D eigenvalue weighted by Gasteiger charge is -2.25. The average molecular weight is 284 g/mol. The molecule has 1 fully saturated rings. The summed E-state index contributed by atoms with van der Waals surface area (Å²) in [6.07, 6.45) is 4.44. The lowest BCUT2D eigenvalue weighted by atomic mass is 10.2. The van der Waals surface area contributed by atoms with Crippen molar-refractivity contribution in [1.29, 1.82) is 0 Å². The number of halogens is 1. The number of nitrogens with zero attached hydrogens (tertiary/aromatic N) is 2. The Morgan fingerprint density at radius 1 is 1.62 bits per heavy atom. The second-order valence-electron chi connectivity index (χ2n) is 4.35. The molecular formula is C12H18BrN3. The predicted molar refractivity (Wildman–Crippen MR) is 70.7 cm³/mol. The Morgan fingerprint density at radius 2 is 2.44 bits per heavy atom. The van der Waals surface area contributed by atoms with Gasteiger partial charge in [0.25, 0.3) is 0 Å². The van der Waals surface area contributed by atoms with E-state index in [1.807, 2.05) is 13.2 Å². The Labute approximate surface area is 105 Å². The number of hydrogen-bond donors (Lipinski definition) is 1. The summed E-state index contributed by atoms with van der Waals surface area (Å²) in [5, 5.41) is 3.20. The quantitative estimate of drug-likeness (QED) is 0.924. The van der Waals surface area contributed by atoms with Crippen molar-refractivity contribution in [2.24, 2.45) is 0 Å². The van der Waals surface area contributed by atoms with E-state index in [1.54, 1.807) is 0 Å². The first-order valence-electron chi connectivity index (χ1n) is 5.78. The molecule has 1 N–H and O–H groups in total. The van der Waals surface area contributed by atoms with E-state index >= 15 is 0 Å². The van der Waals surface area contributed by atoms with Crippen molar-refractivity contribution in [3.05, 3.63) is 22.3 Å². The van der Waals surface area contributed by atoms with Gasteiger partial charge in [-0.3, -0.25) is 0 Å². The van der Waals surface area contributed by atoms with Crippen molar-refractivity contribution < 1.29 is 0 Å². The number of aromatic nitrogens is 1. The molecule has 1 atom stereocenters. The van der Waals surface area contributed by atoms with Crippen molar-refractivity contribution in [2.75, 3.05) is 18.5 Å². The molecule has 0 aliphatic carbocycles. The van der Waals surface area contributed by atoms with Crippen molar-refractivity contribution in [3.63, 3.8) is 0 Å². The molecule has 1 saturated heterocycles. The highest BCUT2D eigenvalue weighted by molar-refractivity contribution is 9.10. The number of rotatable bonds is 3. The van der Waals surface area contributed by atoms with Gasteiger partial charge in [0, 0.05) is 35.4 Å². The fraction of sp³-hybridized carbons (Fsp3) is 0.583. The van der Waals surface area contributed by atoms with Crippen LogP contribution in [0.3, 0.4) is 0 Å². The van der Waals surface area contributed by atoms with Gasteiger partial charge in [0.2, 0.25) is 0 Å². The highest BCUT2D eigenvalue weighted by Gasteiger charge is 2.23. The molecule has 1 aliphatic heterocycles. The minimum absolute atomic E-state index is 0.615. The van der Waals surface area contributed by atoms with Crippen LogP contribution in [0.5, 0.6) is 0 Å². The normalized spacial score (nSPS) is 20.4. The van der Waals surface area contributed by atoms with E-state index < -0.39 is 0 Å². The second-order valence-corrected chi connectivity index (χ2v) is 5.27. The first kappa shape index (κ1) is 11.9. The zero-order valence-corrected chi connectivity index (χ0v) is 11.4. The van der Waals surface area contributed by atoms with Crippen LogP contribution in [0.1, 0.15) is 25.3 Å². The molecule has 0 radical (unpaired) electrons. The number of nitrogens with one attached hydrogen (secondary N) is 1. The first-order chi connectivity index (χ1) is 7.72. The first-order valence-corrected chi connectivity index (χ1v) is 6.57. The topological polar surface area (TPSA) is 28.2 Å². The standard InChI is InChI=1S/C12H18BrN3/c1-9-4-3-5-16(9)12-10(7-14-2)6-11(13)8-15-12/h6,8-9,14H,3-5,7H2,1-2H3. The molecule has 0 aromatic carbocycles. The molecule has 4 heteroatoms. The van der Waals surface area contributed by atoms with Crippen LogP contribution in [-0.4, -0.2) is 24.6 Å². The van der Waals surface area contributed by atoms with Crippen LogP contribution in [0.15, 0.2) is 16.7 Å². The molecule has 0 bridgehead atoms. The summed E-state index contributed by atoms with van der Waals surface area (Å²) in [5.41, 5.74) is 1.27. The van der Waals surface area contributed by atoms with Gasteiger partial charge in [0.1, 0.15) is 5.82 Å². The Bertz CT molecular complexity index is 367. The van der Waals surface area contributed by atoms with E-state index in [2.05, 4.69) is 44.1 Å². The average Bonchev–Trinajstić information content (AvgIpc) is 2.65. The van der Waals surface area contributed by atoms with E-state index in [9.17, 15) is 0 Å². The minimum atomic E-state index is 0.615. The third-order valence-electron chi connectivity index (χ3n) is 3.10. The molecule has 0 saturated carbocycles. The molecule has 1 unspecified atom stereocenters. The molecule has 88 valence electrons. The Morgan fingerprint density at radius 3 is 3.06 bits per heavy atom. The summed E-state index contributed by atoms with van der Waals surface area (Å²) in [7, 11) is 1.97. The smallest absolute Gasteiger partial charge is 0.133 e. The summed E-state index contributed by atoms with van der Waals surface area (Å²) in [6, 6.07) is 2.77. The van der Waals surface area contributed by atoms with E-state index in [1.165, 1.54) is 18.4 Å². The molecular weight excluding hydrogens is 266 g/mol. The zero-order valence-electron chi connectivity index (χ0n) is 9.83. The van der Waals surface area contributed by atoms with E-state index in [4.69, 9.17) is 0 Å². The fourth-order valence-electron chi connectivity index (χ4n) is 2.30. The van der Waals surface area contributed by atoms with Gasteiger partial charge in [-0.15, -0.1) is 0 Å². The van der Waals surface area contributed by atoms with Gasteiger partial charge in [-0.2, -0.15) is 0 Å². The van der Waals surface area contributed by atoms with Gasteiger partial charge >= 0.3 is 0 Å². The molecule has 1 aromatic rings. The van der Waals surface area contributed by atoms with Crippen LogP contribution in [0, 0.1) is 0 Å². The van der Waals surface area contributed by atoms with Crippen molar-refractivity contribution in [2.45, 2.75) is 32.4 Å². The zero-order chi connectivity index (χ0) is 11.5. The van der Waals surface area contributed by atoms with Gasteiger partial charge in [-0.25, -0.2) is 4.98 Å². The van der Waals surface area contributed by atoms with E-state index in [-0.39, 0.29) is 0 Å². The van der Waals surface area contributed by atoms with Crippen molar-refractivity contribution in [3.8, 4) is 0 Å². The van der Waals surface area contributed by atoms with Crippen LogP contribution >= 0.6 is 15.9 Å². The summed E-state index contributed by atoms with van der Waals surface area (Å²) in [4.78, 5) is 6.98. The Balaban J connectivity index is 2.31. The lowest BCUT2D eigenvalue weighted by molar-refractivity contribution is 0.715. The van der Waals surface area contributed by atoms with Crippen LogP contribution < -0.4 is 10.2 Å². The minimum Gasteiger partial charge on any atom is -0.354 e. The van der Waals surface area contributed by atoms with Crippen molar-refractivity contribution >= 4 is 21.7 Å². The molecule has 3 nitrogen and oxygen atoms in total. The maximum absolute atomic E-state index is 4.57. The van der Waals surface area contributed by atoms with Gasteiger partial charge in [0.05, 0.1) is 0 Å². The summed E-state index contributed by atoms with van der Waals surface area (Å²) in [5.74, 6) is 1.14. The molecule has 0 spiro atoms. The molecule has 0 amide bonds. The van der Waals surface area contributed by atoms with Gasteiger partial charge < -0.3 is 10.2 Å².